The second-order valence-electron chi connectivity index (χ2n) is 5.05. The van der Waals surface area contributed by atoms with Crippen LogP contribution >= 0.6 is 0 Å². The van der Waals surface area contributed by atoms with Gasteiger partial charge >= 0.3 is 0 Å². The molecule has 1 saturated carbocycles. The highest BCUT2D eigenvalue weighted by Gasteiger charge is 2.32. The van der Waals surface area contributed by atoms with E-state index in [0.717, 1.165) is 6.07 Å². The minimum atomic E-state index is -1.10. The molecule has 1 aliphatic carbocycles. The third-order valence-electron chi connectivity index (χ3n) is 3.09. The molecule has 104 valence electrons. The molecule has 0 radical (unpaired) electrons. The van der Waals surface area contributed by atoms with E-state index in [0.29, 0.717) is 12.8 Å². The number of halogens is 2. The highest BCUT2D eigenvalue weighted by molar-refractivity contribution is 5.94. The van der Waals surface area contributed by atoms with E-state index in [1.165, 1.54) is 12.1 Å². The fourth-order valence-electron chi connectivity index (χ4n) is 2.12. The first kappa shape index (κ1) is 13.9. The minimum Gasteiger partial charge on any atom is -0.375 e. The molecule has 1 amide bonds. The van der Waals surface area contributed by atoms with Crippen molar-refractivity contribution in [3.05, 3.63) is 35.4 Å². The number of benzene rings is 1. The van der Waals surface area contributed by atoms with E-state index in [9.17, 15) is 13.6 Å². The Hall–Kier alpha value is -1.49. The average Bonchev–Trinajstić information content (AvgIpc) is 2.29. The first-order chi connectivity index (χ1) is 8.97. The van der Waals surface area contributed by atoms with Gasteiger partial charge in [-0.3, -0.25) is 4.79 Å². The summed E-state index contributed by atoms with van der Waals surface area (Å²) in [7, 11) is 0. The van der Waals surface area contributed by atoms with Crippen LogP contribution in [0.15, 0.2) is 18.2 Å². The lowest BCUT2D eigenvalue weighted by atomic mass is 9.89. The zero-order valence-electron chi connectivity index (χ0n) is 11.0. The first-order valence-corrected chi connectivity index (χ1v) is 6.37. The molecule has 0 saturated heterocycles. The van der Waals surface area contributed by atoms with Crippen molar-refractivity contribution in [3.8, 4) is 0 Å². The third-order valence-corrected chi connectivity index (χ3v) is 3.09. The molecule has 1 fully saturated rings. The maximum Gasteiger partial charge on any atom is 0.254 e. The Morgan fingerprint density at radius 3 is 2.68 bits per heavy atom. The summed E-state index contributed by atoms with van der Waals surface area (Å²) in [4.78, 5) is 11.8. The molecule has 1 aromatic carbocycles. The number of hydrogen-bond acceptors (Lipinski definition) is 2. The molecule has 5 heteroatoms. The predicted molar refractivity (Wildman–Crippen MR) is 66.9 cm³/mol. The lowest BCUT2D eigenvalue weighted by Crippen LogP contribution is -2.48. The Morgan fingerprint density at radius 2 is 2.05 bits per heavy atom. The van der Waals surface area contributed by atoms with Crippen LogP contribution in [0.25, 0.3) is 0 Å². The summed E-state index contributed by atoms with van der Waals surface area (Å²) in [6.07, 6.45) is 1.71. The van der Waals surface area contributed by atoms with E-state index in [-0.39, 0.29) is 23.8 Å². The minimum absolute atomic E-state index is 0.0288. The fraction of sp³-hybridized carbons (Fsp3) is 0.500. The van der Waals surface area contributed by atoms with Gasteiger partial charge in [0.1, 0.15) is 0 Å². The zero-order chi connectivity index (χ0) is 14.0. The van der Waals surface area contributed by atoms with Crippen LogP contribution in [-0.2, 0) is 4.74 Å². The van der Waals surface area contributed by atoms with Crippen LogP contribution in [0.1, 0.15) is 37.0 Å². The average molecular weight is 269 g/mol. The van der Waals surface area contributed by atoms with Gasteiger partial charge in [-0.05, 0) is 38.8 Å². The highest BCUT2D eigenvalue weighted by Crippen LogP contribution is 2.25. The second kappa shape index (κ2) is 5.65. The second-order valence-corrected chi connectivity index (χ2v) is 5.05. The monoisotopic (exact) mass is 269 g/mol. The first-order valence-electron chi connectivity index (χ1n) is 6.37. The van der Waals surface area contributed by atoms with Gasteiger partial charge in [-0.1, -0.05) is 6.07 Å². The largest absolute Gasteiger partial charge is 0.375 e. The summed E-state index contributed by atoms with van der Waals surface area (Å²) < 4.78 is 32.0. The molecule has 1 aromatic rings. The van der Waals surface area contributed by atoms with Gasteiger partial charge in [0.2, 0.25) is 0 Å². The van der Waals surface area contributed by atoms with Gasteiger partial charge in [0, 0.05) is 6.04 Å². The van der Waals surface area contributed by atoms with Crippen molar-refractivity contribution in [2.45, 2.75) is 44.9 Å². The molecule has 19 heavy (non-hydrogen) atoms. The predicted octanol–water partition coefficient (Wildman–Crippen LogP) is 2.65. The number of nitrogens with one attached hydrogen (secondary N) is 1. The van der Waals surface area contributed by atoms with Crippen LogP contribution in [0.2, 0.25) is 0 Å². The topological polar surface area (TPSA) is 38.3 Å². The number of ether oxygens (including phenoxy) is 1. The number of carbonyl (C=O) groups is 1. The third kappa shape index (κ3) is 3.29. The molecule has 0 bridgehead atoms. The Balaban J connectivity index is 1.88. The van der Waals surface area contributed by atoms with E-state index < -0.39 is 17.5 Å². The Morgan fingerprint density at radius 1 is 1.37 bits per heavy atom. The molecular weight excluding hydrogens is 252 g/mol. The summed E-state index contributed by atoms with van der Waals surface area (Å²) in [6.45, 7) is 3.90. The van der Waals surface area contributed by atoms with Crippen molar-refractivity contribution in [3.63, 3.8) is 0 Å². The maximum atomic E-state index is 13.4. The molecule has 3 nitrogen and oxygen atoms in total. The Kier molecular flexibility index (Phi) is 4.14. The van der Waals surface area contributed by atoms with Crippen LogP contribution < -0.4 is 5.32 Å². The Labute approximate surface area is 111 Å². The van der Waals surface area contributed by atoms with Gasteiger partial charge in [0.05, 0.1) is 17.8 Å². The molecule has 0 unspecified atom stereocenters. The van der Waals surface area contributed by atoms with E-state index in [1.54, 1.807) is 0 Å². The van der Waals surface area contributed by atoms with Crippen molar-refractivity contribution >= 4 is 5.91 Å². The lowest BCUT2D eigenvalue weighted by molar-refractivity contribution is -0.0482. The van der Waals surface area contributed by atoms with E-state index in [2.05, 4.69) is 5.32 Å². The lowest BCUT2D eigenvalue weighted by Gasteiger charge is -2.36. The maximum absolute atomic E-state index is 13.4. The highest BCUT2D eigenvalue weighted by atomic mass is 19.2. The van der Waals surface area contributed by atoms with Crippen LogP contribution in [0.3, 0.4) is 0 Å². The summed E-state index contributed by atoms with van der Waals surface area (Å²) >= 11 is 0. The van der Waals surface area contributed by atoms with Gasteiger partial charge in [-0.15, -0.1) is 0 Å². The van der Waals surface area contributed by atoms with Crippen LogP contribution in [-0.4, -0.2) is 24.2 Å². The van der Waals surface area contributed by atoms with E-state index in [4.69, 9.17) is 4.74 Å². The fourth-order valence-corrected chi connectivity index (χ4v) is 2.12. The quantitative estimate of drug-likeness (QED) is 0.912. The molecule has 1 aliphatic rings. The molecule has 0 aliphatic heterocycles. The molecule has 0 aromatic heterocycles. The molecule has 0 spiro atoms. The number of rotatable bonds is 4. The standard InChI is InChI=1S/C14H17F2NO2/c1-8(2)19-10-6-9(7-10)17-14(18)11-4-3-5-12(15)13(11)16/h3-5,8-10H,6-7H2,1-2H3,(H,17,18). The van der Waals surface area contributed by atoms with Gasteiger partial charge in [0.25, 0.3) is 5.91 Å². The van der Waals surface area contributed by atoms with Gasteiger partial charge < -0.3 is 10.1 Å². The van der Waals surface area contributed by atoms with Gasteiger partial charge in [-0.25, -0.2) is 8.78 Å². The smallest absolute Gasteiger partial charge is 0.254 e. The van der Waals surface area contributed by atoms with Crippen molar-refractivity contribution in [1.82, 2.24) is 5.32 Å². The van der Waals surface area contributed by atoms with E-state index in [1.807, 2.05) is 13.8 Å². The molecule has 0 atom stereocenters. The van der Waals surface area contributed by atoms with Crippen molar-refractivity contribution in [1.29, 1.82) is 0 Å². The van der Waals surface area contributed by atoms with Crippen molar-refractivity contribution < 1.29 is 18.3 Å². The number of hydrogen-bond donors (Lipinski definition) is 1. The van der Waals surface area contributed by atoms with Crippen LogP contribution in [0.4, 0.5) is 8.78 Å². The Bertz CT molecular complexity index is 471. The van der Waals surface area contributed by atoms with Crippen molar-refractivity contribution in [2.75, 3.05) is 0 Å². The van der Waals surface area contributed by atoms with Crippen LogP contribution in [0, 0.1) is 11.6 Å². The van der Waals surface area contributed by atoms with E-state index >= 15 is 0 Å². The van der Waals surface area contributed by atoms with Gasteiger partial charge in [-0.2, -0.15) is 0 Å². The van der Waals surface area contributed by atoms with Crippen molar-refractivity contribution in [2.24, 2.45) is 0 Å². The SMILES string of the molecule is CC(C)OC1CC(NC(=O)c2cccc(F)c2F)C1. The summed E-state index contributed by atoms with van der Waals surface area (Å²) in [5.74, 6) is -2.69. The molecule has 1 N–H and O–H groups in total. The number of amides is 1. The van der Waals surface area contributed by atoms with Gasteiger partial charge in [0.15, 0.2) is 11.6 Å². The summed E-state index contributed by atoms with van der Waals surface area (Å²) in [5, 5.41) is 2.68. The number of carbonyl (C=O) groups excluding carboxylic acids is 1. The zero-order valence-corrected chi connectivity index (χ0v) is 11.0. The summed E-state index contributed by atoms with van der Waals surface area (Å²) in [5.41, 5.74) is -0.256. The van der Waals surface area contributed by atoms with Crippen LogP contribution in [0.5, 0.6) is 0 Å². The normalized spacial score (nSPS) is 22.2. The summed E-state index contributed by atoms with van der Waals surface area (Å²) in [6, 6.07) is 3.55. The molecule has 0 heterocycles. The molecule has 2 rings (SSSR count). The molecular formula is C14H17F2NO2.